The first-order valence-electron chi connectivity index (χ1n) is 9.90. The Morgan fingerprint density at radius 3 is 2.39 bits per heavy atom. The van der Waals surface area contributed by atoms with E-state index in [9.17, 15) is 14.4 Å². The highest BCUT2D eigenvalue weighted by atomic mass is 79.9. The number of esters is 1. The Morgan fingerprint density at radius 1 is 0.970 bits per heavy atom. The molecule has 0 spiro atoms. The van der Waals surface area contributed by atoms with Gasteiger partial charge in [0, 0.05) is 15.7 Å². The third-order valence-electron chi connectivity index (χ3n) is 4.18. The summed E-state index contributed by atoms with van der Waals surface area (Å²) in [5.41, 5.74) is 3.39. The minimum atomic E-state index is -0.946. The van der Waals surface area contributed by atoms with Crippen LogP contribution < -0.4 is 20.2 Å². The molecule has 0 heterocycles. The number of halogens is 1. The fourth-order valence-electron chi connectivity index (χ4n) is 2.65. The molecule has 0 atom stereocenters. The normalized spacial score (nSPS) is 10.5. The van der Waals surface area contributed by atoms with Crippen LogP contribution in [-0.4, -0.2) is 30.6 Å². The summed E-state index contributed by atoms with van der Waals surface area (Å²) >= 11 is 3.34. The summed E-state index contributed by atoms with van der Waals surface area (Å²) < 4.78 is 11.6. The van der Waals surface area contributed by atoms with Crippen molar-refractivity contribution in [3.63, 3.8) is 0 Å². The minimum absolute atomic E-state index is 0.226. The van der Waals surface area contributed by atoms with Crippen molar-refractivity contribution in [1.29, 1.82) is 0 Å². The Balaban J connectivity index is 1.65. The zero-order valence-corrected chi connectivity index (χ0v) is 19.2. The van der Waals surface area contributed by atoms with Crippen LogP contribution in [0.15, 0.2) is 82.4 Å². The highest BCUT2D eigenvalue weighted by Gasteiger charge is 2.14. The van der Waals surface area contributed by atoms with Gasteiger partial charge in [0.2, 0.25) is 0 Å². The molecule has 0 radical (unpaired) electrons. The molecule has 33 heavy (non-hydrogen) atoms. The van der Waals surface area contributed by atoms with E-state index in [-0.39, 0.29) is 5.75 Å². The van der Waals surface area contributed by atoms with Gasteiger partial charge in [-0.2, -0.15) is 5.10 Å². The molecular formula is C24H20BrN3O5. The smallest absolute Gasteiger partial charge is 0.343 e. The second-order valence-electron chi connectivity index (χ2n) is 6.55. The molecule has 2 amide bonds. The van der Waals surface area contributed by atoms with Gasteiger partial charge in [0.1, 0.15) is 11.5 Å². The Hall–Kier alpha value is -3.98. The molecule has 0 fully saturated rings. The van der Waals surface area contributed by atoms with Crippen molar-refractivity contribution in [2.45, 2.75) is 6.92 Å². The van der Waals surface area contributed by atoms with Crippen LogP contribution >= 0.6 is 15.9 Å². The summed E-state index contributed by atoms with van der Waals surface area (Å²) in [6.45, 7) is 2.40. The first-order chi connectivity index (χ1) is 16.0. The van der Waals surface area contributed by atoms with Crippen molar-refractivity contribution in [2.75, 3.05) is 11.9 Å². The topological polar surface area (TPSA) is 106 Å². The predicted octanol–water partition coefficient (Wildman–Crippen LogP) is 4.16. The maximum Gasteiger partial charge on any atom is 0.343 e. The molecule has 0 aliphatic carbocycles. The van der Waals surface area contributed by atoms with Crippen molar-refractivity contribution < 1.29 is 23.9 Å². The molecule has 0 aliphatic heterocycles. The van der Waals surface area contributed by atoms with Crippen LogP contribution in [0.1, 0.15) is 22.8 Å². The van der Waals surface area contributed by atoms with E-state index in [1.165, 1.54) is 6.21 Å². The Kier molecular flexibility index (Phi) is 8.31. The Morgan fingerprint density at radius 2 is 1.70 bits per heavy atom. The molecule has 0 bridgehead atoms. The summed E-state index contributed by atoms with van der Waals surface area (Å²) in [7, 11) is 0. The van der Waals surface area contributed by atoms with Gasteiger partial charge in [0.15, 0.2) is 0 Å². The van der Waals surface area contributed by atoms with E-state index in [1.807, 2.05) is 6.92 Å². The largest absolute Gasteiger partial charge is 0.494 e. The molecule has 2 N–H and O–H groups in total. The molecule has 0 aromatic heterocycles. The van der Waals surface area contributed by atoms with E-state index in [1.54, 1.807) is 72.8 Å². The highest BCUT2D eigenvalue weighted by Crippen LogP contribution is 2.23. The standard InChI is InChI=1S/C24H20BrN3O5/c1-2-32-20-11-8-16(9-12-20)24(31)33-21-13-10-18(25)14-17(21)15-26-28-23(30)22(29)27-19-6-4-3-5-7-19/h3-15H,2H2,1H3,(H,27,29)(H,28,30)/b26-15-. The number of hydrazone groups is 1. The zero-order valence-electron chi connectivity index (χ0n) is 17.6. The van der Waals surface area contributed by atoms with Crippen molar-refractivity contribution in [2.24, 2.45) is 5.10 Å². The van der Waals surface area contributed by atoms with Gasteiger partial charge in [-0.15, -0.1) is 0 Å². The first kappa shape index (κ1) is 23.7. The summed E-state index contributed by atoms with van der Waals surface area (Å²) in [4.78, 5) is 36.5. The third kappa shape index (κ3) is 7.01. The van der Waals surface area contributed by atoms with Gasteiger partial charge in [-0.3, -0.25) is 9.59 Å². The number of hydrogen-bond acceptors (Lipinski definition) is 6. The van der Waals surface area contributed by atoms with Gasteiger partial charge in [-0.05, 0) is 61.5 Å². The van der Waals surface area contributed by atoms with E-state index in [0.717, 1.165) is 0 Å². The zero-order chi connectivity index (χ0) is 23.6. The monoisotopic (exact) mass is 509 g/mol. The van der Waals surface area contributed by atoms with Crippen LogP contribution in [0, 0.1) is 0 Å². The molecule has 0 aliphatic rings. The molecule has 3 aromatic rings. The summed E-state index contributed by atoms with van der Waals surface area (Å²) in [6.07, 6.45) is 1.28. The van der Waals surface area contributed by atoms with E-state index in [2.05, 4.69) is 31.8 Å². The number of carbonyl (C=O) groups excluding carboxylic acids is 3. The predicted molar refractivity (Wildman–Crippen MR) is 128 cm³/mol. The molecule has 168 valence electrons. The van der Waals surface area contributed by atoms with Crippen LogP contribution in [0.3, 0.4) is 0 Å². The number of carbonyl (C=O) groups is 3. The van der Waals surface area contributed by atoms with Gasteiger partial charge in [-0.25, -0.2) is 10.2 Å². The number of para-hydroxylation sites is 1. The van der Waals surface area contributed by atoms with Crippen molar-refractivity contribution >= 4 is 45.6 Å². The number of rotatable bonds is 7. The van der Waals surface area contributed by atoms with Crippen molar-refractivity contribution in [1.82, 2.24) is 5.43 Å². The van der Waals surface area contributed by atoms with Gasteiger partial charge in [-0.1, -0.05) is 34.1 Å². The van der Waals surface area contributed by atoms with Crippen LogP contribution in [0.5, 0.6) is 11.5 Å². The lowest BCUT2D eigenvalue weighted by molar-refractivity contribution is -0.136. The number of anilines is 1. The lowest BCUT2D eigenvalue weighted by Crippen LogP contribution is -2.32. The Bertz CT molecular complexity index is 1160. The van der Waals surface area contributed by atoms with Crippen LogP contribution in [-0.2, 0) is 9.59 Å². The molecular weight excluding hydrogens is 490 g/mol. The number of benzene rings is 3. The van der Waals surface area contributed by atoms with E-state index < -0.39 is 17.8 Å². The minimum Gasteiger partial charge on any atom is -0.494 e. The van der Waals surface area contributed by atoms with E-state index >= 15 is 0 Å². The molecule has 3 aromatic carbocycles. The number of amides is 2. The summed E-state index contributed by atoms with van der Waals surface area (Å²) in [6, 6.07) is 20.1. The average Bonchev–Trinajstić information content (AvgIpc) is 2.82. The number of nitrogens with one attached hydrogen (secondary N) is 2. The summed E-state index contributed by atoms with van der Waals surface area (Å²) in [5.74, 6) is -1.50. The number of ether oxygens (including phenoxy) is 2. The molecule has 9 heteroatoms. The SMILES string of the molecule is CCOc1ccc(C(=O)Oc2ccc(Br)cc2/C=N\NC(=O)C(=O)Nc2ccccc2)cc1. The quantitative estimate of drug-likeness (QED) is 0.163. The third-order valence-corrected chi connectivity index (χ3v) is 4.68. The van der Waals surface area contributed by atoms with Crippen LogP contribution in [0.25, 0.3) is 0 Å². The fourth-order valence-corrected chi connectivity index (χ4v) is 3.03. The summed E-state index contributed by atoms with van der Waals surface area (Å²) in [5, 5.41) is 6.26. The number of hydrogen-bond donors (Lipinski definition) is 2. The van der Waals surface area contributed by atoms with Gasteiger partial charge in [0.05, 0.1) is 18.4 Å². The van der Waals surface area contributed by atoms with Crippen molar-refractivity contribution in [3.05, 3.63) is 88.4 Å². The highest BCUT2D eigenvalue weighted by molar-refractivity contribution is 9.10. The molecule has 0 unspecified atom stereocenters. The van der Waals surface area contributed by atoms with Crippen LogP contribution in [0.2, 0.25) is 0 Å². The average molecular weight is 510 g/mol. The Labute approximate surface area is 198 Å². The van der Waals surface area contributed by atoms with E-state index in [0.29, 0.717) is 33.6 Å². The van der Waals surface area contributed by atoms with E-state index in [4.69, 9.17) is 9.47 Å². The maximum atomic E-state index is 12.5. The van der Waals surface area contributed by atoms with Crippen LogP contribution in [0.4, 0.5) is 5.69 Å². The lowest BCUT2D eigenvalue weighted by Gasteiger charge is -2.09. The molecule has 3 rings (SSSR count). The second-order valence-corrected chi connectivity index (χ2v) is 7.46. The number of nitrogens with zero attached hydrogens (tertiary/aromatic N) is 1. The van der Waals surface area contributed by atoms with Gasteiger partial charge >= 0.3 is 17.8 Å². The van der Waals surface area contributed by atoms with Gasteiger partial charge in [0.25, 0.3) is 0 Å². The van der Waals surface area contributed by atoms with Gasteiger partial charge < -0.3 is 14.8 Å². The van der Waals surface area contributed by atoms with Crippen molar-refractivity contribution in [3.8, 4) is 11.5 Å². The second kappa shape index (κ2) is 11.6. The molecule has 0 saturated heterocycles. The molecule has 0 saturated carbocycles. The maximum absolute atomic E-state index is 12.5. The first-order valence-corrected chi connectivity index (χ1v) is 10.7. The lowest BCUT2D eigenvalue weighted by atomic mass is 10.2. The fraction of sp³-hybridized carbons (Fsp3) is 0.0833. The molecule has 8 nitrogen and oxygen atoms in total.